The highest BCUT2D eigenvalue weighted by Gasteiger charge is 2.42. The van der Waals surface area contributed by atoms with Gasteiger partial charge < -0.3 is 49.3 Å². The van der Waals surface area contributed by atoms with Crippen LogP contribution in [0, 0.1) is 11.8 Å². The van der Waals surface area contributed by atoms with E-state index in [1.807, 2.05) is 48.0 Å². The molecule has 0 bridgehead atoms. The predicted molar refractivity (Wildman–Crippen MR) is 264 cm³/mol. The first-order valence-corrected chi connectivity index (χ1v) is 24.7. The number of rotatable bonds is 12. The molecule has 10 rings (SSSR count). The van der Waals surface area contributed by atoms with Gasteiger partial charge in [0.2, 0.25) is 5.91 Å². The van der Waals surface area contributed by atoms with E-state index in [1.54, 1.807) is 7.11 Å². The summed E-state index contributed by atoms with van der Waals surface area (Å²) in [5, 5.41) is 7.52. The zero-order valence-electron chi connectivity index (χ0n) is 40.5. The van der Waals surface area contributed by atoms with Crippen molar-refractivity contribution in [1.82, 2.24) is 40.4 Å². The lowest BCUT2D eigenvalue weighted by Gasteiger charge is -2.30. The monoisotopic (exact) mass is 950 g/mol. The van der Waals surface area contributed by atoms with Gasteiger partial charge in [0.1, 0.15) is 36.1 Å². The maximum absolute atomic E-state index is 14.8. The number of hydrogen-bond acceptors (Lipinski definition) is 10. The van der Waals surface area contributed by atoms with Crippen LogP contribution < -0.4 is 15.4 Å². The van der Waals surface area contributed by atoms with Crippen LogP contribution in [0.5, 0.6) is 5.75 Å². The molecule has 2 saturated heterocycles. The number of H-pyrrole nitrogens is 2. The number of nitrogens with one attached hydrogen (secondary N) is 4. The van der Waals surface area contributed by atoms with Gasteiger partial charge in [-0.05, 0) is 101 Å². The zero-order chi connectivity index (χ0) is 48.6. The molecule has 1 aliphatic carbocycles. The van der Waals surface area contributed by atoms with E-state index in [-0.39, 0.29) is 29.7 Å². The van der Waals surface area contributed by atoms with E-state index >= 15 is 0 Å². The van der Waals surface area contributed by atoms with Crippen molar-refractivity contribution in [3.05, 3.63) is 101 Å². The van der Waals surface area contributed by atoms with Gasteiger partial charge in [-0.15, -0.1) is 0 Å². The molecule has 16 nitrogen and oxygen atoms in total. The SMILES string of the molecule is COC[C@H]1C[C@@H](c2nc3ccc4cc5c(cc4c3[nH]2)OCc2cc(-c3cnc([C@@H]4CCCN4C(=O)[C@@H](NC(=O)OC)C(C)C)[nH]3)ccc2-5)N(C(=O)[C@H](NC(=O)OC)c2ccc(C3CCCCC3)cc2)C1. The molecule has 3 fully saturated rings. The Morgan fingerprint density at radius 1 is 0.800 bits per heavy atom. The van der Waals surface area contributed by atoms with Crippen molar-refractivity contribution in [3.8, 4) is 28.1 Å². The first kappa shape index (κ1) is 46.8. The molecule has 6 aromatic rings. The average molecular weight is 951 g/mol. The normalized spacial score (nSPS) is 19.9. The predicted octanol–water partition coefficient (Wildman–Crippen LogP) is 9.39. The minimum Gasteiger partial charge on any atom is -0.488 e. The second kappa shape index (κ2) is 19.8. The number of ether oxygens (including phenoxy) is 4. The Hall–Kier alpha value is -6.94. The molecular formula is C54H62N8O8. The standard InChI is InChI=1S/C54H62N8O8/c1-30(2)46(59-53(65)68-4)51(63)61-21-9-12-43(61)49-55-26-42(57-49)36-17-19-38-37(23-36)29-70-45-25-39-35(24-40(38)45)18-20-41-48(39)58-50(56-41)44-22-31(28-67-3)27-62(44)52(64)47(60-54(66)69-5)34-15-13-33(14-16-34)32-10-7-6-8-11-32/h13-20,23-26,30-32,43-44,46-47H,6-12,21-22,27-29H2,1-5H3,(H,55,57)(H,56,58)(H,59,65)(H,60,66)/t31-,43-,44-,46-,47+/m0/s1. The Bertz CT molecular complexity index is 2920. The molecule has 1 saturated carbocycles. The number of nitrogens with zero attached hydrogens (tertiary/aromatic N) is 4. The van der Waals surface area contributed by atoms with Crippen LogP contribution in [0.2, 0.25) is 0 Å². The van der Waals surface area contributed by atoms with Crippen LogP contribution in [0.1, 0.15) is 118 Å². The number of alkyl carbamates (subject to hydrolysis) is 2. The molecule has 4 N–H and O–H groups in total. The van der Waals surface area contributed by atoms with Gasteiger partial charge in [0.25, 0.3) is 5.91 Å². The molecule has 3 aliphatic heterocycles. The summed E-state index contributed by atoms with van der Waals surface area (Å²) in [6.07, 6.45) is 8.78. The van der Waals surface area contributed by atoms with Gasteiger partial charge in [0, 0.05) is 37.1 Å². The Labute approximate surface area is 407 Å². The van der Waals surface area contributed by atoms with Crippen LogP contribution in [0.25, 0.3) is 44.2 Å². The summed E-state index contributed by atoms with van der Waals surface area (Å²) in [4.78, 5) is 74.0. The third-order valence-corrected chi connectivity index (χ3v) is 14.9. The molecule has 0 radical (unpaired) electrons. The fourth-order valence-corrected chi connectivity index (χ4v) is 11.3. The molecule has 5 heterocycles. The summed E-state index contributed by atoms with van der Waals surface area (Å²) in [5.41, 5.74) is 8.47. The van der Waals surface area contributed by atoms with Gasteiger partial charge in [-0.2, -0.15) is 0 Å². The van der Waals surface area contributed by atoms with Gasteiger partial charge in [0.15, 0.2) is 0 Å². The molecule has 70 heavy (non-hydrogen) atoms. The molecule has 0 unspecified atom stereocenters. The van der Waals surface area contributed by atoms with Crippen molar-refractivity contribution in [2.24, 2.45) is 11.8 Å². The molecule has 2 aromatic heterocycles. The smallest absolute Gasteiger partial charge is 0.407 e. The summed E-state index contributed by atoms with van der Waals surface area (Å²) >= 11 is 0. The van der Waals surface area contributed by atoms with Crippen LogP contribution in [-0.2, 0) is 30.4 Å². The number of methoxy groups -OCH3 is 3. The molecule has 4 aromatic carbocycles. The fraction of sp³-hybridized carbons (Fsp3) is 0.444. The van der Waals surface area contributed by atoms with Crippen molar-refractivity contribution < 1.29 is 38.1 Å². The van der Waals surface area contributed by atoms with E-state index in [9.17, 15) is 19.2 Å². The molecule has 16 heteroatoms. The van der Waals surface area contributed by atoms with Gasteiger partial charge in [-0.25, -0.2) is 19.6 Å². The van der Waals surface area contributed by atoms with E-state index in [2.05, 4.69) is 69.1 Å². The Morgan fingerprint density at radius 3 is 2.34 bits per heavy atom. The molecule has 5 atom stereocenters. The van der Waals surface area contributed by atoms with E-state index in [0.29, 0.717) is 55.9 Å². The third-order valence-electron chi connectivity index (χ3n) is 14.9. The Balaban J connectivity index is 0.902. The largest absolute Gasteiger partial charge is 0.488 e. The molecule has 366 valence electrons. The van der Waals surface area contributed by atoms with Crippen LogP contribution in [0.3, 0.4) is 0 Å². The van der Waals surface area contributed by atoms with Crippen LogP contribution >= 0.6 is 0 Å². The summed E-state index contributed by atoms with van der Waals surface area (Å²) in [6.45, 7) is 5.66. The first-order chi connectivity index (χ1) is 34.0. The first-order valence-electron chi connectivity index (χ1n) is 24.7. The number of carbonyl (C=O) groups is 4. The maximum Gasteiger partial charge on any atom is 0.407 e. The van der Waals surface area contributed by atoms with Gasteiger partial charge in [-0.3, -0.25) is 9.59 Å². The van der Waals surface area contributed by atoms with Crippen molar-refractivity contribution >= 4 is 45.8 Å². The highest BCUT2D eigenvalue weighted by atomic mass is 16.5. The fourth-order valence-electron chi connectivity index (χ4n) is 11.3. The molecule has 4 aliphatic rings. The van der Waals surface area contributed by atoms with Crippen molar-refractivity contribution in [2.45, 2.75) is 102 Å². The van der Waals surface area contributed by atoms with Crippen molar-refractivity contribution in [1.29, 1.82) is 0 Å². The summed E-state index contributed by atoms with van der Waals surface area (Å²) < 4.78 is 21.9. The average Bonchev–Trinajstić information content (AvgIpc) is 4.23. The van der Waals surface area contributed by atoms with E-state index in [4.69, 9.17) is 28.9 Å². The number of likely N-dealkylation sites (tertiary alicyclic amines) is 2. The number of imidazole rings is 2. The number of benzene rings is 4. The van der Waals surface area contributed by atoms with Gasteiger partial charge in [-0.1, -0.05) is 75.6 Å². The molecular weight excluding hydrogens is 889 g/mol. The number of amides is 4. The highest BCUT2D eigenvalue weighted by molar-refractivity contribution is 6.07. The maximum atomic E-state index is 14.8. The molecule has 4 amide bonds. The quantitative estimate of drug-likeness (QED) is 0.0919. The number of aromatic nitrogens is 4. The minimum absolute atomic E-state index is 0.0573. The number of hydrogen-bond donors (Lipinski definition) is 4. The van der Waals surface area contributed by atoms with Crippen LogP contribution in [0.4, 0.5) is 9.59 Å². The van der Waals surface area contributed by atoms with E-state index < -0.39 is 30.3 Å². The zero-order valence-corrected chi connectivity index (χ0v) is 40.5. The van der Waals surface area contributed by atoms with Gasteiger partial charge in [0.05, 0.1) is 55.8 Å². The van der Waals surface area contributed by atoms with E-state index in [1.165, 1.54) is 51.9 Å². The number of aromatic amines is 2. The second-order valence-electron chi connectivity index (χ2n) is 19.7. The summed E-state index contributed by atoms with van der Waals surface area (Å²) in [6, 6.07) is 20.5. The topological polar surface area (TPSA) is 193 Å². The number of carbonyl (C=O) groups excluding carboxylic acids is 4. The lowest BCUT2D eigenvalue weighted by molar-refractivity contribution is -0.136. The van der Waals surface area contributed by atoms with Crippen molar-refractivity contribution in [3.63, 3.8) is 0 Å². The third kappa shape index (κ3) is 9.04. The van der Waals surface area contributed by atoms with Gasteiger partial charge >= 0.3 is 12.2 Å². The van der Waals surface area contributed by atoms with E-state index in [0.717, 1.165) is 68.3 Å². The lowest BCUT2D eigenvalue weighted by atomic mass is 9.83. The second-order valence-corrected chi connectivity index (χ2v) is 19.7. The summed E-state index contributed by atoms with van der Waals surface area (Å²) in [5.74, 6) is 2.19. The highest BCUT2D eigenvalue weighted by Crippen LogP contribution is 2.44. The minimum atomic E-state index is -0.955. The molecule has 0 spiro atoms. The van der Waals surface area contributed by atoms with Crippen LogP contribution in [-0.4, -0.2) is 101 Å². The van der Waals surface area contributed by atoms with Crippen LogP contribution in [0.15, 0.2) is 72.9 Å². The summed E-state index contributed by atoms with van der Waals surface area (Å²) in [7, 11) is 4.27. The lowest BCUT2D eigenvalue weighted by Crippen LogP contribution is -2.51. The number of fused-ring (bicyclic) bond motifs is 6. The Kier molecular flexibility index (Phi) is 13.2. The Morgan fingerprint density at radius 2 is 1.59 bits per heavy atom. The van der Waals surface area contributed by atoms with Crippen molar-refractivity contribution in [2.75, 3.05) is 41.0 Å².